The minimum atomic E-state index is 1.17. The number of aromatic nitrogens is 2. The van der Waals surface area contributed by atoms with Crippen LogP contribution in [0.4, 0.5) is 0 Å². The highest BCUT2D eigenvalue weighted by molar-refractivity contribution is 5.25. The molecule has 75 heavy (non-hydrogen) atoms. The normalized spacial score (nSPS) is 11.7. The van der Waals surface area contributed by atoms with Gasteiger partial charge in [0.2, 0.25) is 0 Å². The molecule has 1 heterocycles. The van der Waals surface area contributed by atoms with Crippen LogP contribution in [-0.2, 0) is 19.3 Å². The molecule has 0 amide bonds. The molecule has 1 aromatic heterocycles. The average Bonchev–Trinajstić information content (AvgIpc) is 3.42. The first-order chi connectivity index (χ1) is 37.3. The maximum Gasteiger partial charge on any atom is 0.115 e. The van der Waals surface area contributed by atoms with Gasteiger partial charge in [-0.25, -0.2) is 9.97 Å². The zero-order chi connectivity index (χ0) is 53.5. The summed E-state index contributed by atoms with van der Waals surface area (Å²) in [6.45, 7) is 6.95. The van der Waals surface area contributed by atoms with E-state index in [2.05, 4.69) is 20.8 Å². The minimum Gasteiger partial charge on any atom is -0.241 e. The molecule has 0 aromatic carbocycles. The predicted octanol–water partition coefficient (Wildman–Crippen LogP) is 26.7. The molecule has 0 fully saturated rings. The Kier molecular flexibility index (Phi) is 61.4. The number of aryl methyl sites for hydroxylation is 2. The number of unbranched alkanes of at least 4 members (excludes halogenated alkanes) is 60. The van der Waals surface area contributed by atoms with Crippen molar-refractivity contribution in [1.29, 1.82) is 0 Å². The maximum absolute atomic E-state index is 4.99. The molecule has 0 radical (unpaired) electrons. The largest absolute Gasteiger partial charge is 0.241 e. The van der Waals surface area contributed by atoms with Crippen LogP contribution in [0.15, 0.2) is 6.33 Å². The van der Waals surface area contributed by atoms with E-state index < -0.39 is 0 Å². The lowest BCUT2D eigenvalue weighted by Crippen LogP contribution is -2.07. The third-order valence-corrected chi connectivity index (χ3v) is 17.7. The highest BCUT2D eigenvalue weighted by Gasteiger charge is 2.12. The van der Waals surface area contributed by atoms with Crippen molar-refractivity contribution in [2.24, 2.45) is 0 Å². The second kappa shape index (κ2) is 63.9. The molecular weight excluding hydrogens is 905 g/mol. The molecule has 1 rings (SSSR count). The van der Waals surface area contributed by atoms with Crippen molar-refractivity contribution in [3.8, 4) is 0 Å². The van der Waals surface area contributed by atoms with E-state index in [1.165, 1.54) is 435 Å². The fourth-order valence-electron chi connectivity index (χ4n) is 12.4. The topological polar surface area (TPSA) is 25.8 Å². The first-order valence-electron chi connectivity index (χ1n) is 36.1. The van der Waals surface area contributed by atoms with Crippen LogP contribution >= 0.6 is 0 Å². The van der Waals surface area contributed by atoms with Gasteiger partial charge in [-0.2, -0.15) is 0 Å². The summed E-state index contributed by atoms with van der Waals surface area (Å²) in [5.41, 5.74) is 4.39. The lowest BCUT2D eigenvalue weighted by atomic mass is 9.96. The summed E-state index contributed by atoms with van der Waals surface area (Å²) < 4.78 is 0. The molecule has 0 aliphatic carbocycles. The molecule has 0 aliphatic rings. The number of hydrogen-bond donors (Lipinski definition) is 0. The molecule has 0 N–H and O–H groups in total. The SMILES string of the molecule is CCCCCCCCCCCCCCCCCCCCCCCc1ncnc(CCCCCCCCCCCCCCCCCCCCCCC)c1CCCCCCCCCCCCCCCCCCCCCCC. The fraction of sp³-hybridized carbons (Fsp3) is 0.945. The predicted molar refractivity (Wildman–Crippen MR) is 341 cm³/mol. The summed E-state index contributed by atoms with van der Waals surface area (Å²) in [5, 5.41) is 0. The van der Waals surface area contributed by atoms with E-state index in [0.29, 0.717) is 0 Å². The molecule has 0 saturated carbocycles. The van der Waals surface area contributed by atoms with E-state index in [9.17, 15) is 0 Å². The van der Waals surface area contributed by atoms with Crippen LogP contribution in [0.2, 0.25) is 0 Å². The van der Waals surface area contributed by atoms with Crippen molar-refractivity contribution in [3.63, 3.8) is 0 Å². The monoisotopic (exact) mass is 1050 g/mol. The first-order valence-corrected chi connectivity index (χ1v) is 36.1. The van der Waals surface area contributed by atoms with Crippen LogP contribution in [0.5, 0.6) is 0 Å². The second-order valence-corrected chi connectivity index (χ2v) is 25.2. The summed E-state index contributed by atoms with van der Waals surface area (Å²) in [7, 11) is 0. The Morgan fingerprint density at radius 1 is 0.173 bits per heavy atom. The van der Waals surface area contributed by atoms with Crippen LogP contribution in [0.25, 0.3) is 0 Å². The van der Waals surface area contributed by atoms with Gasteiger partial charge in [0.05, 0.1) is 0 Å². The van der Waals surface area contributed by atoms with Gasteiger partial charge in [0.1, 0.15) is 6.33 Å². The summed E-state index contributed by atoms with van der Waals surface area (Å²) >= 11 is 0. The molecule has 2 nitrogen and oxygen atoms in total. The van der Waals surface area contributed by atoms with Crippen LogP contribution in [0, 0.1) is 0 Å². The van der Waals surface area contributed by atoms with Crippen molar-refractivity contribution in [1.82, 2.24) is 9.97 Å². The Morgan fingerprint density at radius 2 is 0.307 bits per heavy atom. The van der Waals surface area contributed by atoms with E-state index in [-0.39, 0.29) is 0 Å². The van der Waals surface area contributed by atoms with Gasteiger partial charge in [0, 0.05) is 11.4 Å². The van der Waals surface area contributed by atoms with Crippen LogP contribution in [0.3, 0.4) is 0 Å². The molecule has 0 saturated heterocycles. The smallest absolute Gasteiger partial charge is 0.115 e. The Bertz CT molecular complexity index is 1110. The van der Waals surface area contributed by atoms with Crippen molar-refractivity contribution in [3.05, 3.63) is 23.3 Å². The Balaban J connectivity index is 2.25. The molecule has 0 bridgehead atoms. The molecule has 0 unspecified atom stereocenters. The van der Waals surface area contributed by atoms with Crippen molar-refractivity contribution < 1.29 is 0 Å². The quantitative estimate of drug-likeness (QED) is 0.0608. The van der Waals surface area contributed by atoms with Crippen molar-refractivity contribution in [2.75, 3.05) is 0 Å². The fourth-order valence-corrected chi connectivity index (χ4v) is 12.4. The van der Waals surface area contributed by atoms with Crippen molar-refractivity contribution in [2.45, 2.75) is 445 Å². The summed E-state index contributed by atoms with van der Waals surface area (Å²) in [6.07, 6.45) is 96.7. The van der Waals surface area contributed by atoms with Gasteiger partial charge in [-0.1, -0.05) is 406 Å². The van der Waals surface area contributed by atoms with Gasteiger partial charge in [-0.05, 0) is 44.1 Å². The molecule has 1 aromatic rings. The highest BCUT2D eigenvalue weighted by Crippen LogP contribution is 2.23. The molecule has 444 valence electrons. The summed E-state index contributed by atoms with van der Waals surface area (Å²) in [6, 6.07) is 0. The molecule has 0 aliphatic heterocycles. The minimum absolute atomic E-state index is 1.17. The van der Waals surface area contributed by atoms with Crippen LogP contribution in [0.1, 0.15) is 442 Å². The molecule has 0 spiro atoms. The molecule has 2 heteroatoms. The zero-order valence-electron chi connectivity index (χ0n) is 52.6. The van der Waals surface area contributed by atoms with E-state index in [0.717, 1.165) is 0 Å². The average molecular weight is 1050 g/mol. The Hall–Kier alpha value is -0.920. The third-order valence-electron chi connectivity index (χ3n) is 17.7. The number of rotatable bonds is 66. The van der Waals surface area contributed by atoms with Gasteiger partial charge in [-0.3, -0.25) is 0 Å². The van der Waals surface area contributed by atoms with E-state index in [1.54, 1.807) is 5.56 Å². The number of nitrogens with zero attached hydrogens (tertiary/aromatic N) is 2. The first kappa shape index (κ1) is 72.1. The standard InChI is InChI=1S/C73H142N2/c1-4-7-10-13-16-19-22-25-28-31-34-37-40-43-46-49-52-55-58-61-64-67-71-72(68-65-62-59-56-53-50-47-44-41-38-35-32-29-26-23-20-17-14-11-8-5-2)74-70-75-73(71)69-66-63-60-57-54-51-48-45-42-39-36-33-30-27-24-21-18-15-12-9-6-3/h70H,4-69H2,1-3H3. The maximum atomic E-state index is 4.99. The highest BCUT2D eigenvalue weighted by atomic mass is 14.8. The van der Waals surface area contributed by atoms with Gasteiger partial charge < -0.3 is 0 Å². The van der Waals surface area contributed by atoms with Gasteiger partial charge >= 0.3 is 0 Å². The summed E-state index contributed by atoms with van der Waals surface area (Å²) in [4.78, 5) is 9.99. The molecule has 0 atom stereocenters. The number of hydrogen-bond acceptors (Lipinski definition) is 2. The van der Waals surface area contributed by atoms with Crippen molar-refractivity contribution >= 4 is 0 Å². The lowest BCUT2D eigenvalue weighted by Gasteiger charge is -2.14. The van der Waals surface area contributed by atoms with E-state index >= 15 is 0 Å². The van der Waals surface area contributed by atoms with E-state index in [4.69, 9.17) is 9.97 Å². The van der Waals surface area contributed by atoms with Crippen LogP contribution < -0.4 is 0 Å². The van der Waals surface area contributed by atoms with Crippen LogP contribution in [-0.4, -0.2) is 9.97 Å². The Morgan fingerprint density at radius 3 is 0.467 bits per heavy atom. The third kappa shape index (κ3) is 54.8. The van der Waals surface area contributed by atoms with Gasteiger partial charge in [0.25, 0.3) is 0 Å². The Labute approximate surface area is 475 Å². The zero-order valence-corrected chi connectivity index (χ0v) is 52.6. The van der Waals surface area contributed by atoms with E-state index in [1.807, 2.05) is 6.33 Å². The molecular formula is C73H142N2. The van der Waals surface area contributed by atoms with Gasteiger partial charge in [0.15, 0.2) is 0 Å². The lowest BCUT2D eigenvalue weighted by molar-refractivity contribution is 0.519. The summed E-state index contributed by atoms with van der Waals surface area (Å²) in [5.74, 6) is 0. The van der Waals surface area contributed by atoms with Gasteiger partial charge in [-0.15, -0.1) is 0 Å². The second-order valence-electron chi connectivity index (χ2n) is 25.2.